The predicted octanol–water partition coefficient (Wildman–Crippen LogP) is 3.05. The summed E-state index contributed by atoms with van der Waals surface area (Å²) in [5, 5.41) is 3.25. The molecule has 4 heteroatoms. The van der Waals surface area contributed by atoms with Crippen LogP contribution in [0.3, 0.4) is 0 Å². The van der Waals surface area contributed by atoms with E-state index < -0.39 is 0 Å². The second-order valence-electron chi connectivity index (χ2n) is 6.81. The molecule has 1 N–H and O–H groups in total. The van der Waals surface area contributed by atoms with Gasteiger partial charge in [-0.2, -0.15) is 0 Å². The summed E-state index contributed by atoms with van der Waals surface area (Å²) in [6.07, 6.45) is 4.18. The Morgan fingerprint density at radius 3 is 2.50 bits per heavy atom. The SMILES string of the molecule is Cc1ccc(C2(NC(=O)N(C)CC3CCOCC3)CC2)cc1. The molecule has 1 aromatic rings. The van der Waals surface area contributed by atoms with Crippen molar-refractivity contribution in [1.29, 1.82) is 0 Å². The highest BCUT2D eigenvalue weighted by Gasteiger charge is 2.46. The predicted molar refractivity (Wildman–Crippen MR) is 86.8 cm³/mol. The first-order valence-electron chi connectivity index (χ1n) is 8.27. The van der Waals surface area contributed by atoms with Gasteiger partial charge < -0.3 is 15.0 Å². The summed E-state index contributed by atoms with van der Waals surface area (Å²) in [5.74, 6) is 0.569. The number of hydrogen-bond donors (Lipinski definition) is 1. The molecule has 1 aliphatic heterocycles. The highest BCUT2D eigenvalue weighted by atomic mass is 16.5. The number of nitrogens with zero attached hydrogens (tertiary/aromatic N) is 1. The quantitative estimate of drug-likeness (QED) is 0.929. The molecule has 0 unspecified atom stereocenters. The Bertz CT molecular complexity index is 516. The van der Waals surface area contributed by atoms with Crippen molar-refractivity contribution in [3.05, 3.63) is 35.4 Å². The van der Waals surface area contributed by atoms with Gasteiger partial charge in [0.1, 0.15) is 0 Å². The van der Waals surface area contributed by atoms with Crippen LogP contribution in [-0.2, 0) is 10.3 Å². The number of carbonyl (C=O) groups excluding carboxylic acids is 1. The first-order valence-corrected chi connectivity index (χ1v) is 8.27. The van der Waals surface area contributed by atoms with Gasteiger partial charge >= 0.3 is 6.03 Å². The molecule has 2 fully saturated rings. The minimum Gasteiger partial charge on any atom is -0.381 e. The van der Waals surface area contributed by atoms with E-state index in [1.165, 1.54) is 11.1 Å². The molecule has 3 rings (SSSR count). The van der Waals surface area contributed by atoms with Gasteiger partial charge in [0, 0.05) is 26.8 Å². The third-order valence-corrected chi connectivity index (χ3v) is 4.92. The Balaban J connectivity index is 1.57. The van der Waals surface area contributed by atoms with Gasteiger partial charge in [0.05, 0.1) is 5.54 Å². The molecule has 2 amide bonds. The van der Waals surface area contributed by atoms with Crippen molar-refractivity contribution in [3.8, 4) is 0 Å². The molecule has 2 aliphatic rings. The molecule has 0 atom stereocenters. The second kappa shape index (κ2) is 6.29. The molecule has 0 spiro atoms. The van der Waals surface area contributed by atoms with Crippen molar-refractivity contribution in [1.82, 2.24) is 10.2 Å². The lowest BCUT2D eigenvalue weighted by molar-refractivity contribution is 0.0584. The fourth-order valence-electron chi connectivity index (χ4n) is 3.18. The zero-order chi connectivity index (χ0) is 15.6. The Hall–Kier alpha value is -1.55. The summed E-state index contributed by atoms with van der Waals surface area (Å²) in [6.45, 7) is 4.56. The maximum atomic E-state index is 12.5. The van der Waals surface area contributed by atoms with E-state index in [4.69, 9.17) is 4.74 Å². The Morgan fingerprint density at radius 2 is 1.91 bits per heavy atom. The van der Waals surface area contributed by atoms with Crippen molar-refractivity contribution in [3.63, 3.8) is 0 Å². The van der Waals surface area contributed by atoms with Crippen LogP contribution in [0.15, 0.2) is 24.3 Å². The summed E-state index contributed by atoms with van der Waals surface area (Å²) < 4.78 is 5.38. The first kappa shape index (κ1) is 15.3. The molecule has 1 aliphatic carbocycles. The molecule has 4 nitrogen and oxygen atoms in total. The number of amides is 2. The highest BCUT2D eigenvalue weighted by Crippen LogP contribution is 2.45. The first-order chi connectivity index (χ1) is 10.6. The van der Waals surface area contributed by atoms with Gasteiger partial charge in [-0.1, -0.05) is 29.8 Å². The van der Waals surface area contributed by atoms with Crippen LogP contribution in [0.2, 0.25) is 0 Å². The standard InChI is InChI=1S/C18H26N2O2/c1-14-3-5-16(6-4-14)18(9-10-18)19-17(21)20(2)13-15-7-11-22-12-8-15/h3-6,15H,7-13H2,1-2H3,(H,19,21). The third-order valence-electron chi connectivity index (χ3n) is 4.92. The van der Waals surface area contributed by atoms with Crippen LogP contribution >= 0.6 is 0 Å². The zero-order valence-electron chi connectivity index (χ0n) is 13.6. The lowest BCUT2D eigenvalue weighted by atomic mass is 10.00. The van der Waals surface area contributed by atoms with Crippen molar-refractivity contribution in [2.75, 3.05) is 26.8 Å². The maximum Gasteiger partial charge on any atom is 0.317 e. The van der Waals surface area contributed by atoms with E-state index in [9.17, 15) is 4.79 Å². The van der Waals surface area contributed by atoms with E-state index in [1.54, 1.807) is 0 Å². The lowest BCUT2D eigenvalue weighted by Gasteiger charge is -2.29. The molecule has 0 aromatic heterocycles. The Labute approximate surface area is 132 Å². The topological polar surface area (TPSA) is 41.6 Å². The largest absolute Gasteiger partial charge is 0.381 e. The van der Waals surface area contributed by atoms with Crippen molar-refractivity contribution >= 4 is 6.03 Å². The van der Waals surface area contributed by atoms with E-state index in [0.717, 1.165) is 45.4 Å². The van der Waals surface area contributed by atoms with Crippen LogP contribution in [0.1, 0.15) is 36.8 Å². The molecule has 1 heterocycles. The minimum atomic E-state index is -0.130. The van der Waals surface area contributed by atoms with E-state index in [0.29, 0.717) is 5.92 Å². The number of carbonyl (C=O) groups is 1. The number of nitrogens with one attached hydrogen (secondary N) is 1. The van der Waals surface area contributed by atoms with Crippen LogP contribution in [0.4, 0.5) is 4.79 Å². The van der Waals surface area contributed by atoms with Crippen molar-refractivity contribution in [2.45, 2.75) is 38.1 Å². The molecule has 0 bridgehead atoms. The number of urea groups is 1. The smallest absolute Gasteiger partial charge is 0.317 e. The van der Waals surface area contributed by atoms with Gasteiger partial charge in [0.2, 0.25) is 0 Å². The average molecular weight is 302 g/mol. The fourth-order valence-corrected chi connectivity index (χ4v) is 3.18. The van der Waals surface area contributed by atoms with Gasteiger partial charge in [-0.3, -0.25) is 0 Å². The van der Waals surface area contributed by atoms with Crippen LogP contribution in [0, 0.1) is 12.8 Å². The Morgan fingerprint density at radius 1 is 1.27 bits per heavy atom. The summed E-state index contributed by atoms with van der Waals surface area (Å²) in [4.78, 5) is 14.3. The fraction of sp³-hybridized carbons (Fsp3) is 0.611. The summed E-state index contributed by atoms with van der Waals surface area (Å²) in [5.41, 5.74) is 2.35. The van der Waals surface area contributed by atoms with Crippen molar-refractivity contribution in [2.24, 2.45) is 5.92 Å². The van der Waals surface area contributed by atoms with Gasteiger partial charge in [0.25, 0.3) is 0 Å². The van der Waals surface area contributed by atoms with Gasteiger partial charge in [-0.05, 0) is 44.1 Å². The van der Waals surface area contributed by atoms with Crippen LogP contribution in [0.5, 0.6) is 0 Å². The summed E-state index contributed by atoms with van der Waals surface area (Å²) in [6, 6.07) is 8.56. The van der Waals surface area contributed by atoms with E-state index in [2.05, 4.69) is 36.5 Å². The van der Waals surface area contributed by atoms with Crippen LogP contribution < -0.4 is 5.32 Å². The van der Waals surface area contributed by atoms with E-state index >= 15 is 0 Å². The minimum absolute atomic E-state index is 0.0459. The third kappa shape index (κ3) is 3.43. The second-order valence-corrected chi connectivity index (χ2v) is 6.81. The highest BCUT2D eigenvalue weighted by molar-refractivity contribution is 5.75. The average Bonchev–Trinajstić information content (AvgIpc) is 3.29. The Kier molecular flexibility index (Phi) is 4.39. The molecule has 1 aromatic carbocycles. The molecule has 22 heavy (non-hydrogen) atoms. The zero-order valence-corrected chi connectivity index (χ0v) is 13.6. The number of aryl methyl sites for hydroxylation is 1. The lowest BCUT2D eigenvalue weighted by Crippen LogP contribution is -2.45. The van der Waals surface area contributed by atoms with E-state index in [1.807, 2.05) is 11.9 Å². The maximum absolute atomic E-state index is 12.5. The normalized spacial score (nSPS) is 20.5. The van der Waals surface area contributed by atoms with Gasteiger partial charge in [-0.25, -0.2) is 4.79 Å². The number of hydrogen-bond acceptors (Lipinski definition) is 2. The molecular weight excluding hydrogens is 276 g/mol. The molecule has 1 saturated heterocycles. The number of rotatable bonds is 4. The van der Waals surface area contributed by atoms with E-state index in [-0.39, 0.29) is 11.6 Å². The molecule has 120 valence electrons. The molecule has 1 saturated carbocycles. The number of ether oxygens (including phenoxy) is 1. The summed E-state index contributed by atoms with van der Waals surface area (Å²) >= 11 is 0. The monoisotopic (exact) mass is 302 g/mol. The summed E-state index contributed by atoms with van der Waals surface area (Å²) in [7, 11) is 1.90. The van der Waals surface area contributed by atoms with Gasteiger partial charge in [-0.15, -0.1) is 0 Å². The number of benzene rings is 1. The van der Waals surface area contributed by atoms with Gasteiger partial charge in [0.15, 0.2) is 0 Å². The van der Waals surface area contributed by atoms with Crippen LogP contribution in [-0.4, -0.2) is 37.7 Å². The van der Waals surface area contributed by atoms with Crippen molar-refractivity contribution < 1.29 is 9.53 Å². The molecular formula is C18H26N2O2. The van der Waals surface area contributed by atoms with Crippen LogP contribution in [0.25, 0.3) is 0 Å². The molecule has 0 radical (unpaired) electrons.